The Balaban J connectivity index is 2.77. The van der Waals surface area contributed by atoms with Gasteiger partial charge >= 0.3 is 0 Å². The van der Waals surface area contributed by atoms with Crippen molar-refractivity contribution in [3.63, 3.8) is 0 Å². The third-order valence-corrected chi connectivity index (χ3v) is 3.19. The van der Waals surface area contributed by atoms with Crippen LogP contribution >= 0.6 is 0 Å². The summed E-state index contributed by atoms with van der Waals surface area (Å²) in [5, 5.41) is 0. The number of nitrogens with zero attached hydrogens (tertiary/aromatic N) is 2. The second kappa shape index (κ2) is 7.67. The van der Waals surface area contributed by atoms with Crippen molar-refractivity contribution in [3.05, 3.63) is 24.3 Å². The molecule has 0 heterocycles. The molecule has 4 nitrogen and oxygen atoms in total. The van der Waals surface area contributed by atoms with Gasteiger partial charge in [-0.25, -0.2) is 0 Å². The number of rotatable bonds is 7. The van der Waals surface area contributed by atoms with E-state index < -0.39 is 0 Å². The van der Waals surface area contributed by atoms with Crippen LogP contribution < -0.4 is 10.6 Å². The van der Waals surface area contributed by atoms with Gasteiger partial charge < -0.3 is 15.5 Å². The molecule has 0 bridgehead atoms. The first kappa shape index (κ1) is 15.3. The van der Waals surface area contributed by atoms with E-state index in [-0.39, 0.29) is 5.91 Å². The Labute approximate surface area is 116 Å². The van der Waals surface area contributed by atoms with E-state index in [4.69, 9.17) is 5.73 Å². The average Bonchev–Trinajstić information content (AvgIpc) is 2.40. The zero-order chi connectivity index (χ0) is 14.3. The van der Waals surface area contributed by atoms with Crippen LogP contribution in [0.2, 0.25) is 0 Å². The van der Waals surface area contributed by atoms with E-state index in [2.05, 4.69) is 11.8 Å². The van der Waals surface area contributed by atoms with Crippen molar-refractivity contribution >= 4 is 17.3 Å². The number of nitrogen functional groups attached to an aromatic ring is 1. The number of carbonyl (C=O) groups is 1. The van der Waals surface area contributed by atoms with Crippen molar-refractivity contribution in [2.24, 2.45) is 0 Å². The van der Waals surface area contributed by atoms with Gasteiger partial charge in [0.15, 0.2) is 0 Å². The highest BCUT2D eigenvalue weighted by atomic mass is 16.2. The van der Waals surface area contributed by atoms with Gasteiger partial charge in [-0.2, -0.15) is 0 Å². The van der Waals surface area contributed by atoms with Crippen LogP contribution in [0.5, 0.6) is 0 Å². The Hall–Kier alpha value is -1.71. The average molecular weight is 263 g/mol. The predicted molar refractivity (Wildman–Crippen MR) is 81.3 cm³/mol. The lowest BCUT2D eigenvalue weighted by atomic mass is 10.2. The number of nitrogens with two attached hydrogens (primary N) is 1. The van der Waals surface area contributed by atoms with E-state index in [1.807, 2.05) is 43.0 Å². The molecule has 0 spiro atoms. The first-order valence-corrected chi connectivity index (χ1v) is 7.00. The van der Waals surface area contributed by atoms with Crippen LogP contribution in [0.3, 0.4) is 0 Å². The third-order valence-electron chi connectivity index (χ3n) is 3.19. The summed E-state index contributed by atoms with van der Waals surface area (Å²) in [6.45, 7) is 8.96. The van der Waals surface area contributed by atoms with Crippen molar-refractivity contribution in [1.82, 2.24) is 4.90 Å². The molecule has 0 unspecified atom stereocenters. The van der Waals surface area contributed by atoms with E-state index >= 15 is 0 Å². The van der Waals surface area contributed by atoms with Crippen molar-refractivity contribution in [1.29, 1.82) is 0 Å². The smallest absolute Gasteiger partial charge is 0.242 e. The SMILES string of the molecule is CCCN(CC(=O)N(CC)CC)c1ccc(N)cc1. The number of benzene rings is 1. The van der Waals surface area contributed by atoms with Gasteiger partial charge in [0, 0.05) is 31.0 Å². The van der Waals surface area contributed by atoms with E-state index in [1.165, 1.54) is 0 Å². The lowest BCUT2D eigenvalue weighted by molar-refractivity contribution is -0.129. The molecule has 1 aromatic rings. The lowest BCUT2D eigenvalue weighted by Gasteiger charge is -2.27. The van der Waals surface area contributed by atoms with Crippen molar-refractivity contribution < 1.29 is 4.79 Å². The van der Waals surface area contributed by atoms with Crippen LogP contribution in [-0.2, 0) is 4.79 Å². The number of hydrogen-bond acceptors (Lipinski definition) is 3. The summed E-state index contributed by atoms with van der Waals surface area (Å²) in [7, 11) is 0. The maximum absolute atomic E-state index is 12.2. The maximum atomic E-state index is 12.2. The molecule has 0 saturated heterocycles. The minimum Gasteiger partial charge on any atom is -0.399 e. The Kier molecular flexibility index (Phi) is 6.19. The zero-order valence-electron chi connectivity index (χ0n) is 12.2. The summed E-state index contributed by atoms with van der Waals surface area (Å²) in [6, 6.07) is 7.70. The molecule has 106 valence electrons. The molecule has 1 rings (SSSR count). The Bertz CT molecular complexity index is 385. The van der Waals surface area contributed by atoms with Gasteiger partial charge in [-0.15, -0.1) is 0 Å². The molecular weight excluding hydrogens is 238 g/mol. The fourth-order valence-corrected chi connectivity index (χ4v) is 2.09. The van der Waals surface area contributed by atoms with Crippen LogP contribution in [0.15, 0.2) is 24.3 Å². The summed E-state index contributed by atoms with van der Waals surface area (Å²) in [4.78, 5) is 16.2. The molecule has 0 aromatic heterocycles. The lowest BCUT2D eigenvalue weighted by Crippen LogP contribution is -2.40. The van der Waals surface area contributed by atoms with Crippen molar-refractivity contribution in [2.45, 2.75) is 27.2 Å². The molecule has 0 atom stereocenters. The normalized spacial score (nSPS) is 10.3. The van der Waals surface area contributed by atoms with Crippen LogP contribution in [0.25, 0.3) is 0 Å². The molecule has 1 amide bonds. The number of likely N-dealkylation sites (N-methyl/N-ethyl adjacent to an activating group) is 1. The van der Waals surface area contributed by atoms with Crippen LogP contribution in [0, 0.1) is 0 Å². The number of anilines is 2. The minimum absolute atomic E-state index is 0.176. The van der Waals surface area contributed by atoms with Gasteiger partial charge in [0.2, 0.25) is 5.91 Å². The number of hydrogen-bond donors (Lipinski definition) is 1. The minimum atomic E-state index is 0.176. The van der Waals surface area contributed by atoms with E-state index in [0.29, 0.717) is 6.54 Å². The Morgan fingerprint density at radius 3 is 2.16 bits per heavy atom. The largest absolute Gasteiger partial charge is 0.399 e. The highest BCUT2D eigenvalue weighted by Crippen LogP contribution is 2.16. The zero-order valence-corrected chi connectivity index (χ0v) is 12.2. The summed E-state index contributed by atoms with van der Waals surface area (Å²) >= 11 is 0. The number of amides is 1. The first-order valence-electron chi connectivity index (χ1n) is 7.00. The summed E-state index contributed by atoms with van der Waals surface area (Å²) in [5.41, 5.74) is 7.50. The highest BCUT2D eigenvalue weighted by molar-refractivity contribution is 5.81. The Morgan fingerprint density at radius 1 is 1.11 bits per heavy atom. The first-order chi connectivity index (χ1) is 9.12. The van der Waals surface area contributed by atoms with Crippen LogP contribution in [0.4, 0.5) is 11.4 Å². The fourth-order valence-electron chi connectivity index (χ4n) is 2.09. The van der Waals surface area contributed by atoms with Gasteiger partial charge in [0.25, 0.3) is 0 Å². The van der Waals surface area contributed by atoms with Gasteiger partial charge in [-0.1, -0.05) is 6.92 Å². The van der Waals surface area contributed by atoms with Crippen LogP contribution in [0.1, 0.15) is 27.2 Å². The molecule has 0 aliphatic rings. The molecule has 19 heavy (non-hydrogen) atoms. The standard InChI is InChI=1S/C15H25N3O/c1-4-11-18(12-15(19)17(5-2)6-3)14-9-7-13(16)8-10-14/h7-10H,4-6,11-12,16H2,1-3H3. The second-order valence-corrected chi connectivity index (χ2v) is 4.58. The molecule has 4 heteroatoms. The molecule has 0 aliphatic heterocycles. The fraction of sp³-hybridized carbons (Fsp3) is 0.533. The van der Waals surface area contributed by atoms with Gasteiger partial charge in [0.05, 0.1) is 6.54 Å². The van der Waals surface area contributed by atoms with Crippen molar-refractivity contribution in [3.8, 4) is 0 Å². The quantitative estimate of drug-likeness (QED) is 0.768. The summed E-state index contributed by atoms with van der Waals surface area (Å²) < 4.78 is 0. The van der Waals surface area contributed by atoms with Gasteiger partial charge in [-0.3, -0.25) is 4.79 Å². The number of carbonyl (C=O) groups excluding carboxylic acids is 1. The monoisotopic (exact) mass is 263 g/mol. The van der Waals surface area contributed by atoms with Crippen molar-refractivity contribution in [2.75, 3.05) is 36.8 Å². The maximum Gasteiger partial charge on any atom is 0.242 e. The topological polar surface area (TPSA) is 49.6 Å². The molecule has 0 saturated carbocycles. The molecule has 2 N–H and O–H groups in total. The van der Waals surface area contributed by atoms with Gasteiger partial charge in [0.1, 0.15) is 0 Å². The molecular formula is C15H25N3O. The second-order valence-electron chi connectivity index (χ2n) is 4.58. The molecule has 1 aromatic carbocycles. The van der Waals surface area contributed by atoms with Gasteiger partial charge in [-0.05, 0) is 44.5 Å². The summed E-state index contributed by atoms with van der Waals surface area (Å²) in [6.07, 6.45) is 1.01. The third kappa shape index (κ3) is 4.47. The van der Waals surface area contributed by atoms with E-state index in [9.17, 15) is 4.79 Å². The van der Waals surface area contributed by atoms with Crippen LogP contribution in [-0.4, -0.2) is 37.0 Å². The van der Waals surface area contributed by atoms with E-state index in [0.717, 1.165) is 37.4 Å². The predicted octanol–water partition coefficient (Wildman–Crippen LogP) is 2.35. The van der Waals surface area contributed by atoms with E-state index in [1.54, 1.807) is 0 Å². The molecule has 0 aliphatic carbocycles. The summed E-state index contributed by atoms with van der Waals surface area (Å²) in [5.74, 6) is 0.176. The molecule has 0 fully saturated rings. The molecule has 0 radical (unpaired) electrons. The highest BCUT2D eigenvalue weighted by Gasteiger charge is 2.14. The Morgan fingerprint density at radius 2 is 1.68 bits per heavy atom.